The van der Waals surface area contributed by atoms with E-state index < -0.39 is 0 Å². The third kappa shape index (κ3) is 1.55. The molecular weight excluding hydrogens is 160 g/mol. The van der Waals surface area contributed by atoms with Crippen LogP contribution in [0, 0.1) is 0 Å². The summed E-state index contributed by atoms with van der Waals surface area (Å²) in [6, 6.07) is 6.32. The molecule has 66 valence electrons. The summed E-state index contributed by atoms with van der Waals surface area (Å²) in [5.74, 6) is 0. The second kappa shape index (κ2) is 3.56. The van der Waals surface area contributed by atoms with Crippen LogP contribution in [0.5, 0.6) is 0 Å². The molecule has 1 aliphatic rings. The third-order valence-corrected chi connectivity index (χ3v) is 2.54. The molecule has 1 nitrogen and oxygen atoms in total. The van der Waals surface area contributed by atoms with E-state index >= 15 is 0 Å². The van der Waals surface area contributed by atoms with Crippen molar-refractivity contribution in [1.29, 1.82) is 0 Å². The maximum absolute atomic E-state index is 10.2. The summed E-state index contributed by atoms with van der Waals surface area (Å²) in [6.45, 7) is 0. The van der Waals surface area contributed by atoms with Gasteiger partial charge in [0.15, 0.2) is 0 Å². The summed E-state index contributed by atoms with van der Waals surface area (Å²) in [5, 5.41) is 0. The number of carbonyl (C=O) groups excluding carboxylic acids is 1. The Balaban J connectivity index is 2.41. The Morgan fingerprint density at radius 2 is 2.15 bits per heavy atom. The zero-order valence-electron chi connectivity index (χ0n) is 7.49. The summed E-state index contributed by atoms with van der Waals surface area (Å²) in [4.78, 5) is 10.2. The molecule has 0 heterocycles. The first-order valence-corrected chi connectivity index (χ1v) is 4.64. The van der Waals surface area contributed by atoms with Crippen LogP contribution in [0.3, 0.4) is 0 Å². The van der Waals surface area contributed by atoms with Gasteiger partial charge in [-0.1, -0.05) is 24.3 Å². The number of hydrogen-bond donors (Lipinski definition) is 0. The van der Waals surface area contributed by atoms with Crippen molar-refractivity contribution < 1.29 is 4.79 Å². The molecule has 0 fully saturated rings. The molecule has 0 bridgehead atoms. The van der Waals surface area contributed by atoms with E-state index in [1.54, 1.807) is 6.08 Å². The normalized spacial score (nSPS) is 14.8. The van der Waals surface area contributed by atoms with E-state index in [9.17, 15) is 4.79 Å². The van der Waals surface area contributed by atoms with Crippen LogP contribution in [-0.4, -0.2) is 6.29 Å². The molecule has 0 aromatic heterocycles. The molecule has 0 aliphatic heterocycles. The Morgan fingerprint density at radius 3 is 3.00 bits per heavy atom. The maximum Gasteiger partial charge on any atom is 0.142 e. The SMILES string of the molecule is O=C/C=C/c1cccc2c1CCC2. The maximum atomic E-state index is 10.2. The molecule has 0 atom stereocenters. The van der Waals surface area contributed by atoms with Crippen molar-refractivity contribution in [3.63, 3.8) is 0 Å². The first kappa shape index (κ1) is 8.24. The Morgan fingerprint density at radius 1 is 1.23 bits per heavy atom. The van der Waals surface area contributed by atoms with Crippen molar-refractivity contribution in [2.75, 3.05) is 0 Å². The number of benzene rings is 1. The quantitative estimate of drug-likeness (QED) is 0.494. The molecule has 0 spiro atoms. The highest BCUT2D eigenvalue weighted by molar-refractivity contribution is 5.75. The highest BCUT2D eigenvalue weighted by Gasteiger charge is 2.11. The zero-order valence-corrected chi connectivity index (χ0v) is 7.49. The standard InChI is InChI=1S/C12H12O/c13-9-3-7-11-5-1-4-10-6-2-8-12(10)11/h1,3-5,7,9H,2,6,8H2/b7-3+. The number of hydrogen-bond acceptors (Lipinski definition) is 1. The van der Waals surface area contributed by atoms with Crippen LogP contribution in [0.25, 0.3) is 6.08 Å². The first-order valence-electron chi connectivity index (χ1n) is 4.64. The largest absolute Gasteiger partial charge is 0.299 e. The summed E-state index contributed by atoms with van der Waals surface area (Å²) >= 11 is 0. The molecule has 1 aromatic carbocycles. The third-order valence-electron chi connectivity index (χ3n) is 2.54. The molecule has 13 heavy (non-hydrogen) atoms. The van der Waals surface area contributed by atoms with E-state index in [1.807, 2.05) is 6.08 Å². The predicted molar refractivity (Wildman–Crippen MR) is 53.6 cm³/mol. The van der Waals surface area contributed by atoms with Gasteiger partial charge in [-0.25, -0.2) is 0 Å². The number of aldehydes is 1. The Labute approximate surface area is 78.1 Å². The van der Waals surface area contributed by atoms with Gasteiger partial charge < -0.3 is 0 Å². The molecule has 1 aliphatic carbocycles. The summed E-state index contributed by atoms with van der Waals surface area (Å²) in [5.41, 5.74) is 4.09. The van der Waals surface area contributed by atoms with Gasteiger partial charge >= 0.3 is 0 Å². The zero-order chi connectivity index (χ0) is 9.10. The minimum absolute atomic E-state index is 0.828. The van der Waals surface area contributed by atoms with Crippen molar-refractivity contribution in [3.05, 3.63) is 41.0 Å². The van der Waals surface area contributed by atoms with E-state index in [0.29, 0.717) is 0 Å². The average Bonchev–Trinajstić information content (AvgIpc) is 2.62. The van der Waals surface area contributed by atoms with Gasteiger partial charge in [-0.2, -0.15) is 0 Å². The van der Waals surface area contributed by atoms with Gasteiger partial charge in [-0.05, 0) is 42.0 Å². The van der Waals surface area contributed by atoms with Crippen molar-refractivity contribution in [2.45, 2.75) is 19.3 Å². The van der Waals surface area contributed by atoms with Crippen LogP contribution >= 0.6 is 0 Å². The fourth-order valence-electron chi connectivity index (χ4n) is 1.95. The fraction of sp³-hybridized carbons (Fsp3) is 0.250. The van der Waals surface area contributed by atoms with Gasteiger partial charge in [0, 0.05) is 0 Å². The van der Waals surface area contributed by atoms with Gasteiger partial charge in [0.25, 0.3) is 0 Å². The highest BCUT2D eigenvalue weighted by atomic mass is 16.1. The first-order chi connectivity index (χ1) is 6.42. The van der Waals surface area contributed by atoms with Gasteiger partial charge in [0.05, 0.1) is 0 Å². The Kier molecular flexibility index (Phi) is 2.26. The molecule has 1 aromatic rings. The van der Waals surface area contributed by atoms with Crippen LogP contribution in [0.1, 0.15) is 23.1 Å². The monoisotopic (exact) mass is 172 g/mol. The van der Waals surface area contributed by atoms with Crippen LogP contribution < -0.4 is 0 Å². The van der Waals surface area contributed by atoms with Crippen molar-refractivity contribution in [2.24, 2.45) is 0 Å². The van der Waals surface area contributed by atoms with E-state index in [4.69, 9.17) is 0 Å². The lowest BCUT2D eigenvalue weighted by atomic mass is 10.0. The lowest BCUT2D eigenvalue weighted by Gasteiger charge is -2.02. The molecule has 1 heteroatoms. The number of carbonyl (C=O) groups is 1. The van der Waals surface area contributed by atoms with Gasteiger partial charge in [0.1, 0.15) is 6.29 Å². The van der Waals surface area contributed by atoms with Crippen LogP contribution in [0.2, 0.25) is 0 Å². The molecule has 0 amide bonds. The van der Waals surface area contributed by atoms with Crippen LogP contribution in [-0.2, 0) is 17.6 Å². The topological polar surface area (TPSA) is 17.1 Å². The van der Waals surface area contributed by atoms with E-state index in [2.05, 4.69) is 18.2 Å². The molecule has 0 saturated carbocycles. The molecule has 0 radical (unpaired) electrons. The van der Waals surface area contributed by atoms with Crippen LogP contribution in [0.15, 0.2) is 24.3 Å². The highest BCUT2D eigenvalue weighted by Crippen LogP contribution is 2.25. The molecule has 2 rings (SSSR count). The van der Waals surface area contributed by atoms with Crippen LogP contribution in [0.4, 0.5) is 0 Å². The smallest absolute Gasteiger partial charge is 0.142 e. The summed E-state index contributed by atoms with van der Waals surface area (Å²) in [6.07, 6.45) is 7.90. The Hall–Kier alpha value is -1.37. The fourth-order valence-corrected chi connectivity index (χ4v) is 1.95. The Bertz CT molecular complexity index is 350. The van der Waals surface area contributed by atoms with Crippen molar-refractivity contribution >= 4 is 12.4 Å². The molecular formula is C12H12O. The molecule has 0 saturated heterocycles. The van der Waals surface area contributed by atoms with E-state index in [0.717, 1.165) is 12.7 Å². The minimum Gasteiger partial charge on any atom is -0.299 e. The lowest BCUT2D eigenvalue weighted by molar-refractivity contribution is -0.104. The predicted octanol–water partition coefficient (Wildman–Crippen LogP) is 2.39. The number of aryl methyl sites for hydroxylation is 1. The number of allylic oxidation sites excluding steroid dienone is 1. The van der Waals surface area contributed by atoms with E-state index in [1.165, 1.54) is 29.5 Å². The lowest BCUT2D eigenvalue weighted by Crippen LogP contribution is -1.86. The second-order valence-corrected chi connectivity index (χ2v) is 3.33. The van der Waals surface area contributed by atoms with Gasteiger partial charge in [0.2, 0.25) is 0 Å². The average molecular weight is 172 g/mol. The summed E-state index contributed by atoms with van der Waals surface area (Å²) < 4.78 is 0. The van der Waals surface area contributed by atoms with Gasteiger partial charge in [-0.15, -0.1) is 0 Å². The van der Waals surface area contributed by atoms with Crippen molar-refractivity contribution in [3.8, 4) is 0 Å². The summed E-state index contributed by atoms with van der Waals surface area (Å²) in [7, 11) is 0. The minimum atomic E-state index is 0.828. The van der Waals surface area contributed by atoms with E-state index in [-0.39, 0.29) is 0 Å². The molecule has 0 unspecified atom stereocenters. The van der Waals surface area contributed by atoms with Gasteiger partial charge in [-0.3, -0.25) is 4.79 Å². The number of fused-ring (bicyclic) bond motifs is 1. The second-order valence-electron chi connectivity index (χ2n) is 3.33. The number of rotatable bonds is 2. The van der Waals surface area contributed by atoms with Crippen molar-refractivity contribution in [1.82, 2.24) is 0 Å². The molecule has 0 N–H and O–H groups in total.